The van der Waals surface area contributed by atoms with Crippen LogP contribution in [0.25, 0.3) is 0 Å². The first-order chi connectivity index (χ1) is 11.4. The quantitative estimate of drug-likeness (QED) is 0.893. The van der Waals surface area contributed by atoms with E-state index in [1.54, 1.807) is 0 Å². The van der Waals surface area contributed by atoms with Crippen molar-refractivity contribution in [3.63, 3.8) is 0 Å². The van der Waals surface area contributed by atoms with E-state index in [1.807, 2.05) is 0 Å². The predicted octanol–water partition coefficient (Wildman–Crippen LogP) is 4.10. The number of benzene rings is 2. The molecule has 0 aliphatic carbocycles. The average Bonchev–Trinajstić information content (AvgIpc) is 2.59. The van der Waals surface area contributed by atoms with Crippen molar-refractivity contribution in [1.82, 2.24) is 0 Å². The molecule has 0 radical (unpaired) electrons. The van der Waals surface area contributed by atoms with Crippen molar-refractivity contribution in [2.24, 2.45) is 0 Å². The van der Waals surface area contributed by atoms with Gasteiger partial charge in [0, 0.05) is 11.3 Å². The van der Waals surface area contributed by atoms with E-state index < -0.39 is 11.7 Å². The Labute approximate surface area is 137 Å². The van der Waals surface area contributed by atoms with E-state index in [2.05, 4.69) is 5.32 Å². The van der Waals surface area contributed by atoms with Crippen molar-refractivity contribution in [1.29, 1.82) is 5.26 Å². The Morgan fingerprint density at radius 1 is 0.958 bits per heavy atom. The van der Waals surface area contributed by atoms with Gasteiger partial charge in [-0.3, -0.25) is 0 Å². The van der Waals surface area contributed by atoms with Gasteiger partial charge < -0.3 is 14.8 Å². The van der Waals surface area contributed by atoms with Gasteiger partial charge in [-0.05, 0) is 36.4 Å². The summed E-state index contributed by atoms with van der Waals surface area (Å²) in [5, 5.41) is 11.7. The fourth-order valence-corrected chi connectivity index (χ4v) is 2.21. The van der Waals surface area contributed by atoms with Crippen LogP contribution in [0.5, 0.6) is 11.5 Å². The molecule has 24 heavy (non-hydrogen) atoms. The average molecular weight is 336 g/mol. The SMILES string of the molecule is COc1ccc(NC(C#N)(c2cccc(OC)c2)C(F)(F)F)cc1. The maximum atomic E-state index is 13.8. The third-order valence-corrected chi connectivity index (χ3v) is 3.52. The molecule has 0 aliphatic heterocycles. The minimum atomic E-state index is -4.85. The first-order valence-electron chi connectivity index (χ1n) is 6.91. The van der Waals surface area contributed by atoms with Crippen LogP contribution in [0.4, 0.5) is 18.9 Å². The fourth-order valence-electron chi connectivity index (χ4n) is 2.21. The smallest absolute Gasteiger partial charge is 0.429 e. The minimum absolute atomic E-state index is 0.137. The van der Waals surface area contributed by atoms with Crippen LogP contribution in [-0.2, 0) is 5.54 Å². The number of anilines is 1. The number of hydrogen-bond donors (Lipinski definition) is 1. The van der Waals surface area contributed by atoms with Crippen LogP contribution in [-0.4, -0.2) is 20.4 Å². The monoisotopic (exact) mass is 336 g/mol. The lowest BCUT2D eigenvalue weighted by atomic mass is 9.90. The number of nitriles is 1. The standard InChI is InChI=1S/C17H15F3N2O2/c1-23-14-8-6-13(7-9-14)22-16(11-21,17(18,19)20)12-4-3-5-15(10-12)24-2/h3-10,22H,1-2H3. The Kier molecular flexibility index (Phi) is 4.88. The van der Waals surface area contributed by atoms with Crippen molar-refractivity contribution in [2.75, 3.05) is 19.5 Å². The zero-order valence-corrected chi connectivity index (χ0v) is 13.0. The molecule has 0 spiro atoms. The molecule has 2 aromatic carbocycles. The van der Waals surface area contributed by atoms with Crippen LogP contribution in [0.15, 0.2) is 48.5 Å². The number of hydrogen-bond acceptors (Lipinski definition) is 4. The van der Waals surface area contributed by atoms with Crippen molar-refractivity contribution in [2.45, 2.75) is 11.7 Å². The fraction of sp³-hybridized carbons (Fsp3) is 0.235. The Hall–Kier alpha value is -2.88. The second-order valence-corrected chi connectivity index (χ2v) is 4.95. The number of methoxy groups -OCH3 is 2. The molecule has 4 nitrogen and oxygen atoms in total. The molecule has 2 rings (SSSR count). The molecule has 0 aliphatic rings. The minimum Gasteiger partial charge on any atom is -0.497 e. The zero-order valence-electron chi connectivity index (χ0n) is 13.0. The van der Waals surface area contributed by atoms with Gasteiger partial charge in [-0.15, -0.1) is 0 Å². The number of rotatable bonds is 5. The number of nitrogens with one attached hydrogen (secondary N) is 1. The summed E-state index contributed by atoms with van der Waals surface area (Å²) in [5.41, 5.74) is -3.03. The topological polar surface area (TPSA) is 54.3 Å². The molecule has 0 fully saturated rings. The highest BCUT2D eigenvalue weighted by Crippen LogP contribution is 2.42. The molecule has 0 aromatic heterocycles. The van der Waals surface area contributed by atoms with Crippen molar-refractivity contribution in [3.05, 3.63) is 54.1 Å². The van der Waals surface area contributed by atoms with E-state index >= 15 is 0 Å². The van der Waals surface area contributed by atoms with Crippen LogP contribution in [0.1, 0.15) is 5.56 Å². The lowest BCUT2D eigenvalue weighted by Gasteiger charge is -2.31. The third kappa shape index (κ3) is 3.23. The van der Waals surface area contributed by atoms with Crippen molar-refractivity contribution in [3.8, 4) is 17.6 Å². The summed E-state index contributed by atoms with van der Waals surface area (Å²) in [7, 11) is 2.80. The van der Waals surface area contributed by atoms with Gasteiger partial charge in [0.1, 0.15) is 17.6 Å². The van der Waals surface area contributed by atoms with Gasteiger partial charge in [0.05, 0.1) is 14.2 Å². The summed E-state index contributed by atoms with van der Waals surface area (Å²) in [6.07, 6.45) is -4.85. The van der Waals surface area contributed by atoms with Crippen LogP contribution < -0.4 is 14.8 Å². The third-order valence-electron chi connectivity index (χ3n) is 3.52. The molecule has 1 unspecified atom stereocenters. The maximum absolute atomic E-state index is 13.8. The van der Waals surface area contributed by atoms with E-state index in [4.69, 9.17) is 9.47 Å². The highest BCUT2D eigenvalue weighted by molar-refractivity contribution is 5.54. The Balaban J connectivity index is 2.52. The molecular formula is C17H15F3N2O2. The highest BCUT2D eigenvalue weighted by Gasteiger charge is 2.57. The van der Waals surface area contributed by atoms with Crippen LogP contribution in [0, 0.1) is 11.3 Å². The molecule has 2 aromatic rings. The van der Waals surface area contributed by atoms with Gasteiger partial charge in [-0.25, -0.2) is 0 Å². The summed E-state index contributed by atoms with van der Waals surface area (Å²) in [6.45, 7) is 0. The lowest BCUT2D eigenvalue weighted by molar-refractivity contribution is -0.165. The Bertz CT molecular complexity index is 739. The molecular weight excluding hydrogens is 321 g/mol. The second-order valence-electron chi connectivity index (χ2n) is 4.95. The number of halogens is 3. The maximum Gasteiger partial charge on any atom is 0.429 e. The lowest BCUT2D eigenvalue weighted by Crippen LogP contribution is -2.47. The summed E-state index contributed by atoms with van der Waals surface area (Å²) >= 11 is 0. The summed E-state index contributed by atoms with van der Waals surface area (Å²) in [6, 6.07) is 12.6. The van der Waals surface area contributed by atoms with E-state index in [-0.39, 0.29) is 17.0 Å². The van der Waals surface area contributed by atoms with E-state index in [9.17, 15) is 18.4 Å². The normalized spacial score (nSPS) is 13.5. The number of ether oxygens (including phenoxy) is 2. The summed E-state index contributed by atoms with van der Waals surface area (Å²) in [5.74, 6) is 0.726. The van der Waals surface area contributed by atoms with Crippen LogP contribution in [0.3, 0.4) is 0 Å². The zero-order chi connectivity index (χ0) is 17.8. The van der Waals surface area contributed by atoms with Gasteiger partial charge >= 0.3 is 6.18 Å². The van der Waals surface area contributed by atoms with Gasteiger partial charge in [-0.2, -0.15) is 18.4 Å². The molecule has 0 saturated heterocycles. The number of nitrogens with zero attached hydrogens (tertiary/aromatic N) is 1. The first-order valence-corrected chi connectivity index (χ1v) is 6.91. The number of alkyl halides is 3. The van der Waals surface area contributed by atoms with Gasteiger partial charge in [0.2, 0.25) is 5.54 Å². The predicted molar refractivity (Wildman–Crippen MR) is 83.0 cm³/mol. The summed E-state index contributed by atoms with van der Waals surface area (Å²) in [4.78, 5) is 0. The van der Waals surface area contributed by atoms with E-state index in [1.165, 1.54) is 68.8 Å². The van der Waals surface area contributed by atoms with Crippen LogP contribution >= 0.6 is 0 Å². The second kappa shape index (κ2) is 6.71. The van der Waals surface area contributed by atoms with Gasteiger partial charge in [0.25, 0.3) is 0 Å². The van der Waals surface area contributed by atoms with E-state index in [0.29, 0.717) is 5.75 Å². The molecule has 0 saturated carbocycles. The van der Waals surface area contributed by atoms with Gasteiger partial charge in [0.15, 0.2) is 0 Å². The largest absolute Gasteiger partial charge is 0.497 e. The molecule has 0 bridgehead atoms. The summed E-state index contributed by atoms with van der Waals surface area (Å²) < 4.78 is 51.3. The van der Waals surface area contributed by atoms with Crippen molar-refractivity contribution >= 4 is 5.69 Å². The molecule has 1 N–H and O–H groups in total. The molecule has 126 valence electrons. The molecule has 0 amide bonds. The Morgan fingerprint density at radius 2 is 1.58 bits per heavy atom. The molecule has 0 heterocycles. The first kappa shape index (κ1) is 17.5. The molecule has 1 atom stereocenters. The van der Waals surface area contributed by atoms with E-state index in [0.717, 1.165) is 0 Å². The van der Waals surface area contributed by atoms with Crippen molar-refractivity contribution < 1.29 is 22.6 Å². The van der Waals surface area contributed by atoms with Crippen LogP contribution in [0.2, 0.25) is 0 Å². The van der Waals surface area contributed by atoms with Gasteiger partial charge in [-0.1, -0.05) is 12.1 Å². The molecule has 7 heteroatoms. The highest BCUT2D eigenvalue weighted by atomic mass is 19.4. The Morgan fingerprint density at radius 3 is 2.08 bits per heavy atom.